The molecule has 0 aromatic carbocycles. The van der Waals surface area contributed by atoms with Gasteiger partial charge in [0, 0.05) is 0 Å². The van der Waals surface area contributed by atoms with Gasteiger partial charge in [0.05, 0.1) is 40.3 Å². The summed E-state index contributed by atoms with van der Waals surface area (Å²) in [6.45, 7) is 0. The Kier molecular flexibility index (Phi) is 5.22. The Bertz CT molecular complexity index is 530. The molecule has 2 rings (SSSR count). The summed E-state index contributed by atoms with van der Waals surface area (Å²) in [5.74, 6) is 0. The van der Waals surface area contributed by atoms with E-state index in [9.17, 15) is 0 Å². The van der Waals surface area contributed by atoms with Gasteiger partial charge in [-0.1, -0.05) is 92.8 Å². The summed E-state index contributed by atoms with van der Waals surface area (Å²) in [4.78, 5) is -3.62. The first-order valence-corrected chi connectivity index (χ1v) is 8.42. The molecule has 2 aliphatic carbocycles. The topological polar surface area (TPSA) is 0 Å². The van der Waals surface area contributed by atoms with Crippen LogP contribution < -0.4 is 0 Å². The predicted molar refractivity (Wildman–Crippen MR) is 92.1 cm³/mol. The van der Waals surface area contributed by atoms with Crippen molar-refractivity contribution in [3.63, 3.8) is 0 Å². The molecule has 0 unspecified atom stereocenters. The van der Waals surface area contributed by atoms with E-state index >= 15 is 0 Å². The lowest BCUT2D eigenvalue weighted by Crippen LogP contribution is -2.52. The summed E-state index contributed by atoms with van der Waals surface area (Å²) in [6.07, 6.45) is 0. The molecule has 0 fully saturated rings. The Morgan fingerprint density at radius 3 is 0.700 bits per heavy atom. The quantitative estimate of drug-likeness (QED) is 0.244. The van der Waals surface area contributed by atoms with E-state index in [0.29, 0.717) is 0 Å². The van der Waals surface area contributed by atoms with Crippen molar-refractivity contribution in [3.05, 3.63) is 40.3 Å². The van der Waals surface area contributed by atoms with Crippen LogP contribution in [-0.4, -0.2) is 9.75 Å². The number of alkyl halides is 2. The highest BCUT2D eigenvalue weighted by atomic mass is 35.5. The average Bonchev–Trinajstić information content (AvgIpc) is 2.44. The Morgan fingerprint density at radius 1 is 0.400 bits per heavy atom. The van der Waals surface area contributed by atoms with Crippen molar-refractivity contribution >= 4 is 116 Å². The van der Waals surface area contributed by atoms with Crippen LogP contribution in [0.5, 0.6) is 0 Å². The van der Waals surface area contributed by atoms with E-state index in [-0.39, 0.29) is 40.3 Å². The summed E-state index contributed by atoms with van der Waals surface area (Å²) in [5, 5.41) is -1.04. The van der Waals surface area contributed by atoms with E-state index in [2.05, 4.69) is 0 Å². The molecular formula is C10Cl10. The Morgan fingerprint density at radius 2 is 0.550 bits per heavy atom. The summed E-state index contributed by atoms with van der Waals surface area (Å²) < 4.78 is 0. The summed E-state index contributed by atoms with van der Waals surface area (Å²) in [7, 11) is 0. The fourth-order valence-electron chi connectivity index (χ4n) is 1.79. The van der Waals surface area contributed by atoms with E-state index in [1.807, 2.05) is 0 Å². The molecule has 10 heteroatoms. The minimum Gasteiger partial charge on any atom is -0.104 e. The van der Waals surface area contributed by atoms with E-state index in [1.165, 1.54) is 0 Å². The zero-order valence-electron chi connectivity index (χ0n) is 8.78. The van der Waals surface area contributed by atoms with Crippen molar-refractivity contribution in [3.8, 4) is 0 Å². The first-order valence-electron chi connectivity index (χ1n) is 4.64. The van der Waals surface area contributed by atoms with Crippen LogP contribution in [0.15, 0.2) is 40.3 Å². The van der Waals surface area contributed by atoms with Gasteiger partial charge >= 0.3 is 0 Å². The molecule has 0 aliphatic heterocycles. The van der Waals surface area contributed by atoms with Crippen LogP contribution in [0.3, 0.4) is 0 Å². The largest absolute Gasteiger partial charge is 0.147 e. The molecular weight excluding hydrogens is 485 g/mol. The molecule has 0 N–H and O–H groups in total. The van der Waals surface area contributed by atoms with Crippen LogP contribution in [-0.2, 0) is 0 Å². The minimum absolute atomic E-state index is 0.102. The minimum atomic E-state index is -1.81. The van der Waals surface area contributed by atoms with Gasteiger partial charge in [0.2, 0.25) is 0 Å². The normalized spacial score (nSPS) is 35.1. The fourth-order valence-corrected chi connectivity index (χ4v) is 5.49. The lowest BCUT2D eigenvalue weighted by molar-refractivity contribution is 0.682. The van der Waals surface area contributed by atoms with E-state index in [4.69, 9.17) is 116 Å². The van der Waals surface area contributed by atoms with E-state index in [0.717, 1.165) is 0 Å². The lowest BCUT2D eigenvalue weighted by atomic mass is 10.8. The van der Waals surface area contributed by atoms with Crippen molar-refractivity contribution in [1.29, 1.82) is 0 Å². The van der Waals surface area contributed by atoms with Crippen LogP contribution in [0.25, 0.3) is 0 Å². The Hall–Kier alpha value is 1.86. The molecule has 0 aromatic heterocycles. The van der Waals surface area contributed by atoms with Gasteiger partial charge in [-0.25, -0.2) is 0 Å². The first kappa shape index (κ1) is 18.2. The maximum absolute atomic E-state index is 6.49. The smallest absolute Gasteiger partial charge is 0.104 e. The van der Waals surface area contributed by atoms with Gasteiger partial charge in [-0.2, -0.15) is 0 Å². The van der Waals surface area contributed by atoms with Gasteiger partial charge in [0.25, 0.3) is 0 Å². The van der Waals surface area contributed by atoms with Gasteiger partial charge in [0.1, 0.15) is 9.75 Å². The molecule has 2 aliphatic rings. The van der Waals surface area contributed by atoms with Crippen molar-refractivity contribution in [2.45, 2.75) is 9.75 Å². The molecule has 0 amide bonds. The zero-order valence-corrected chi connectivity index (χ0v) is 16.3. The standard InChI is InChI=1S/C10Cl10/c11-1-2(12)6(16)10(20)8(18)4(14)3(13)7(17)9(10,19)5(1)15/i1+1,2+1,3+1,4+1,5+1,6+1,7+1,8+1,9+1,10+1. The number of halogens is 10. The SMILES string of the molecule is Cl[13C]1=[13C](Cl)[13C]2(Cl)[13C](Cl)=[13C](Cl)[13C](Cl)=[13C](Cl)[13C]2(Cl)[13C](Cl)=[13C]1Cl. The third kappa shape index (κ3) is 2.04. The number of rotatable bonds is 0. The molecule has 0 saturated carbocycles. The van der Waals surface area contributed by atoms with Gasteiger partial charge in [-0.3, -0.25) is 0 Å². The van der Waals surface area contributed by atoms with E-state index < -0.39 is 9.75 Å². The predicted octanol–water partition coefficient (Wildman–Crippen LogP) is 7.73. The Balaban J connectivity index is 2.98. The molecule has 110 valence electrons. The van der Waals surface area contributed by atoms with Crippen LogP contribution in [0.1, 0.15) is 0 Å². The second kappa shape index (κ2) is 5.74. The lowest BCUT2D eigenvalue weighted by Gasteiger charge is -2.47. The van der Waals surface area contributed by atoms with Gasteiger partial charge in [0.15, 0.2) is 0 Å². The fraction of sp³-hybridized carbons (Fsp3) is 0.200. The van der Waals surface area contributed by atoms with Crippen LogP contribution >= 0.6 is 116 Å². The zero-order chi connectivity index (χ0) is 15.6. The highest BCUT2D eigenvalue weighted by molar-refractivity contribution is 6.65. The number of fused-ring (bicyclic) bond motifs is 1. The van der Waals surface area contributed by atoms with Gasteiger partial charge < -0.3 is 0 Å². The number of hydrogen-bond donors (Lipinski definition) is 0. The van der Waals surface area contributed by atoms with Crippen molar-refractivity contribution in [1.82, 2.24) is 0 Å². The number of hydrogen-bond acceptors (Lipinski definition) is 0. The molecule has 0 saturated heterocycles. The van der Waals surface area contributed by atoms with E-state index in [1.54, 1.807) is 0 Å². The molecule has 0 aromatic rings. The van der Waals surface area contributed by atoms with Crippen LogP contribution in [0, 0.1) is 0 Å². The maximum atomic E-state index is 6.49. The summed E-state index contributed by atoms with van der Waals surface area (Å²) in [5.41, 5.74) is 0. The van der Waals surface area contributed by atoms with Crippen molar-refractivity contribution in [2.24, 2.45) is 0 Å². The second-order valence-corrected chi connectivity index (χ2v) is 7.99. The third-order valence-electron chi connectivity index (χ3n) is 2.84. The van der Waals surface area contributed by atoms with Crippen LogP contribution in [0.2, 0.25) is 0 Å². The molecule has 20 heavy (non-hydrogen) atoms. The van der Waals surface area contributed by atoms with Gasteiger partial charge in [-0.05, 0) is 0 Å². The third-order valence-corrected chi connectivity index (χ3v) is 8.63. The second-order valence-electron chi connectivity index (χ2n) is 3.83. The van der Waals surface area contributed by atoms with Crippen molar-refractivity contribution in [2.75, 3.05) is 0 Å². The maximum Gasteiger partial charge on any atom is 0.147 e. The highest BCUT2D eigenvalue weighted by Crippen LogP contribution is 2.67. The first-order chi connectivity index (χ1) is 9.02. The molecule has 0 heterocycles. The average molecular weight is 485 g/mol. The molecule has 0 radical (unpaired) electrons. The highest BCUT2D eigenvalue weighted by Gasteiger charge is 2.65. The Labute approximate surface area is 164 Å². The summed E-state index contributed by atoms with van der Waals surface area (Å²) in [6, 6.07) is 0. The summed E-state index contributed by atoms with van der Waals surface area (Å²) >= 11 is 61.6. The number of allylic oxidation sites excluding steroid dienone is 8. The molecule has 0 bridgehead atoms. The molecule has 0 atom stereocenters. The van der Waals surface area contributed by atoms with Crippen LogP contribution in [0.4, 0.5) is 0 Å². The molecule has 0 nitrogen and oxygen atoms in total. The monoisotopic (exact) mass is 480 g/mol. The van der Waals surface area contributed by atoms with Gasteiger partial charge in [-0.15, -0.1) is 23.2 Å². The van der Waals surface area contributed by atoms with Crippen molar-refractivity contribution < 1.29 is 0 Å². The molecule has 0 spiro atoms.